The second-order valence-electron chi connectivity index (χ2n) is 5.92. The van der Waals surface area contributed by atoms with Crippen LogP contribution >= 0.6 is 11.3 Å². The van der Waals surface area contributed by atoms with Crippen LogP contribution in [-0.4, -0.2) is 35.6 Å². The number of hydrogen-bond donors (Lipinski definition) is 1. The molecule has 1 aromatic carbocycles. The van der Waals surface area contributed by atoms with Crippen LogP contribution in [0.15, 0.2) is 29.6 Å². The van der Waals surface area contributed by atoms with E-state index in [1.54, 1.807) is 18.4 Å². The predicted molar refractivity (Wildman–Crippen MR) is 104 cm³/mol. The Morgan fingerprint density at radius 3 is 2.58 bits per heavy atom. The number of thiazole rings is 1. The zero-order chi connectivity index (χ0) is 18.9. The van der Waals surface area contributed by atoms with Gasteiger partial charge < -0.3 is 19.7 Å². The Morgan fingerprint density at radius 1 is 1.27 bits per heavy atom. The smallest absolute Gasteiger partial charge is 0.317 e. The van der Waals surface area contributed by atoms with Gasteiger partial charge in [0.25, 0.3) is 0 Å². The molecule has 142 valence electrons. The molecule has 2 amide bonds. The first kappa shape index (κ1) is 20.0. The second kappa shape index (κ2) is 10.0. The molecule has 0 aliphatic heterocycles. The Labute approximate surface area is 159 Å². The Bertz CT molecular complexity index is 688. The molecule has 2 rings (SSSR count). The molecular formula is C19H27N3O3S. The minimum atomic E-state index is -0.0501. The molecule has 0 spiro atoms. The minimum absolute atomic E-state index is 0.0501. The Balaban J connectivity index is 1.95. The summed E-state index contributed by atoms with van der Waals surface area (Å²) in [6, 6.07) is 7.56. The fourth-order valence-corrected chi connectivity index (χ4v) is 3.08. The average molecular weight is 378 g/mol. The number of aromatic nitrogens is 1. The van der Waals surface area contributed by atoms with Gasteiger partial charge in [-0.05, 0) is 44.5 Å². The third-order valence-corrected chi connectivity index (χ3v) is 4.94. The van der Waals surface area contributed by atoms with Crippen LogP contribution in [0.25, 0.3) is 0 Å². The molecular weight excluding hydrogens is 350 g/mol. The molecule has 26 heavy (non-hydrogen) atoms. The second-order valence-corrected chi connectivity index (χ2v) is 6.86. The minimum Gasteiger partial charge on any atom is -0.497 e. The van der Waals surface area contributed by atoms with Crippen molar-refractivity contribution in [3.05, 3.63) is 40.3 Å². The number of nitrogens with one attached hydrogen (secondary N) is 1. The first-order valence-electron chi connectivity index (χ1n) is 8.81. The highest BCUT2D eigenvalue weighted by atomic mass is 32.1. The number of carbonyl (C=O) groups is 1. The van der Waals surface area contributed by atoms with Gasteiger partial charge in [0.2, 0.25) is 0 Å². The highest BCUT2D eigenvalue weighted by molar-refractivity contribution is 7.09. The maximum absolute atomic E-state index is 12.3. The quantitative estimate of drug-likeness (QED) is 0.716. The van der Waals surface area contributed by atoms with Crippen molar-refractivity contribution in [1.29, 1.82) is 0 Å². The molecule has 0 saturated heterocycles. The van der Waals surface area contributed by atoms with Crippen LogP contribution in [0.1, 0.15) is 37.9 Å². The summed E-state index contributed by atoms with van der Waals surface area (Å²) < 4.78 is 10.9. The van der Waals surface area contributed by atoms with Crippen molar-refractivity contribution in [2.45, 2.75) is 46.4 Å². The molecule has 1 atom stereocenters. The summed E-state index contributed by atoms with van der Waals surface area (Å²) in [4.78, 5) is 18.7. The lowest BCUT2D eigenvalue weighted by Crippen LogP contribution is -2.44. The van der Waals surface area contributed by atoms with Crippen molar-refractivity contribution >= 4 is 17.4 Å². The molecule has 0 fully saturated rings. The molecule has 0 unspecified atom stereocenters. The molecule has 1 aromatic heterocycles. The fraction of sp³-hybridized carbons (Fsp3) is 0.474. The van der Waals surface area contributed by atoms with Gasteiger partial charge in [0.1, 0.15) is 23.1 Å². The van der Waals surface area contributed by atoms with E-state index in [-0.39, 0.29) is 12.1 Å². The van der Waals surface area contributed by atoms with Crippen LogP contribution in [0.2, 0.25) is 0 Å². The van der Waals surface area contributed by atoms with Gasteiger partial charge in [-0.2, -0.15) is 0 Å². The lowest BCUT2D eigenvalue weighted by Gasteiger charge is -2.27. The molecule has 0 bridgehead atoms. The highest BCUT2D eigenvalue weighted by Crippen LogP contribution is 2.20. The summed E-state index contributed by atoms with van der Waals surface area (Å²) in [6.45, 7) is 7.57. The van der Waals surface area contributed by atoms with Crippen LogP contribution in [0.3, 0.4) is 0 Å². The van der Waals surface area contributed by atoms with Gasteiger partial charge in [-0.1, -0.05) is 6.92 Å². The Morgan fingerprint density at radius 2 is 1.96 bits per heavy atom. The first-order chi connectivity index (χ1) is 12.6. The largest absolute Gasteiger partial charge is 0.497 e. The zero-order valence-electron chi connectivity index (χ0n) is 15.8. The van der Waals surface area contributed by atoms with Crippen molar-refractivity contribution < 1.29 is 14.3 Å². The standard InChI is InChI=1S/C19H27N3O3S/c1-5-14(3)22(19(23)20-6-2)11-15-13-26-18(21-15)12-25-17-9-7-16(24-4)8-10-17/h7-10,13-14H,5-6,11-12H2,1-4H3,(H,20,23)/t14-/m1/s1. The van der Waals surface area contributed by atoms with Gasteiger partial charge in [-0.15, -0.1) is 11.3 Å². The first-order valence-corrected chi connectivity index (χ1v) is 9.69. The SMILES string of the molecule is CCNC(=O)N(Cc1csc(COc2ccc(OC)cc2)n1)[C@H](C)CC. The van der Waals surface area contributed by atoms with Gasteiger partial charge in [0, 0.05) is 18.0 Å². The van der Waals surface area contributed by atoms with Crippen LogP contribution in [0, 0.1) is 0 Å². The molecule has 0 aliphatic rings. The number of hydrogen-bond acceptors (Lipinski definition) is 5. The third-order valence-electron chi connectivity index (χ3n) is 4.07. The van der Waals surface area contributed by atoms with Crippen molar-refractivity contribution in [2.75, 3.05) is 13.7 Å². The highest BCUT2D eigenvalue weighted by Gasteiger charge is 2.19. The number of rotatable bonds is 9. The molecule has 1 heterocycles. The third kappa shape index (κ3) is 5.62. The molecule has 7 heteroatoms. The number of ether oxygens (including phenoxy) is 2. The number of methoxy groups -OCH3 is 1. The van der Waals surface area contributed by atoms with E-state index in [4.69, 9.17) is 9.47 Å². The zero-order valence-corrected chi connectivity index (χ0v) is 16.6. The lowest BCUT2D eigenvalue weighted by molar-refractivity contribution is 0.173. The van der Waals surface area contributed by atoms with E-state index in [9.17, 15) is 4.79 Å². The summed E-state index contributed by atoms with van der Waals surface area (Å²) >= 11 is 1.54. The van der Waals surface area contributed by atoms with E-state index >= 15 is 0 Å². The Hall–Kier alpha value is -2.28. The number of nitrogens with zero attached hydrogens (tertiary/aromatic N) is 2. The lowest BCUT2D eigenvalue weighted by atomic mass is 10.2. The monoisotopic (exact) mass is 377 g/mol. The summed E-state index contributed by atoms with van der Waals surface area (Å²) in [6.07, 6.45) is 0.898. The number of carbonyl (C=O) groups excluding carboxylic acids is 1. The van der Waals surface area contributed by atoms with E-state index in [2.05, 4.69) is 24.1 Å². The van der Waals surface area contributed by atoms with Crippen molar-refractivity contribution in [3.63, 3.8) is 0 Å². The molecule has 0 radical (unpaired) electrons. The molecule has 0 aliphatic carbocycles. The predicted octanol–water partition coefficient (Wildman–Crippen LogP) is 4.06. The normalized spacial score (nSPS) is 11.7. The van der Waals surface area contributed by atoms with Crippen LogP contribution in [0.5, 0.6) is 11.5 Å². The van der Waals surface area contributed by atoms with Crippen molar-refractivity contribution in [2.24, 2.45) is 0 Å². The molecule has 2 aromatic rings. The van der Waals surface area contributed by atoms with Gasteiger partial charge in [-0.3, -0.25) is 0 Å². The van der Waals surface area contributed by atoms with Gasteiger partial charge in [0.15, 0.2) is 0 Å². The van der Waals surface area contributed by atoms with E-state index in [1.807, 2.05) is 41.5 Å². The molecule has 1 N–H and O–H groups in total. The Kier molecular flexibility index (Phi) is 7.72. The summed E-state index contributed by atoms with van der Waals surface area (Å²) in [5.74, 6) is 1.57. The maximum atomic E-state index is 12.3. The topological polar surface area (TPSA) is 63.7 Å². The van der Waals surface area contributed by atoms with Crippen molar-refractivity contribution in [3.8, 4) is 11.5 Å². The van der Waals surface area contributed by atoms with Gasteiger partial charge in [-0.25, -0.2) is 9.78 Å². The number of amides is 2. The maximum Gasteiger partial charge on any atom is 0.317 e. The van der Waals surface area contributed by atoms with Crippen molar-refractivity contribution in [1.82, 2.24) is 15.2 Å². The van der Waals surface area contributed by atoms with Crippen LogP contribution in [0.4, 0.5) is 4.79 Å². The van der Waals surface area contributed by atoms with E-state index in [0.717, 1.165) is 28.6 Å². The molecule has 0 saturated carbocycles. The van der Waals surface area contributed by atoms with Crippen LogP contribution < -0.4 is 14.8 Å². The summed E-state index contributed by atoms with van der Waals surface area (Å²) in [5, 5.41) is 5.74. The van der Waals surface area contributed by atoms with Gasteiger partial charge >= 0.3 is 6.03 Å². The summed E-state index contributed by atoms with van der Waals surface area (Å²) in [5.41, 5.74) is 0.884. The van der Waals surface area contributed by atoms with Gasteiger partial charge in [0.05, 0.1) is 19.3 Å². The molecule has 6 nitrogen and oxygen atoms in total. The average Bonchev–Trinajstić information content (AvgIpc) is 3.12. The number of urea groups is 1. The van der Waals surface area contributed by atoms with E-state index in [0.29, 0.717) is 19.7 Å². The fourth-order valence-electron chi connectivity index (χ4n) is 2.38. The van der Waals surface area contributed by atoms with E-state index in [1.165, 1.54) is 0 Å². The summed E-state index contributed by atoms with van der Waals surface area (Å²) in [7, 11) is 1.64. The van der Waals surface area contributed by atoms with E-state index < -0.39 is 0 Å². The van der Waals surface area contributed by atoms with Crippen LogP contribution in [-0.2, 0) is 13.2 Å². The number of benzene rings is 1.